The molecule has 1 rings (SSSR count). The molecular formula is C18H26NNaO13S. The van der Waals surface area contributed by atoms with Gasteiger partial charge in [0.2, 0.25) is 0 Å². The number of nitrogens with zero attached hydrogens (tertiary/aromatic N) is 1. The van der Waals surface area contributed by atoms with E-state index in [1.54, 1.807) is 0 Å². The molecule has 1 aliphatic heterocycles. The number of hydrogen-bond donors (Lipinski definition) is 1. The van der Waals surface area contributed by atoms with Crippen molar-refractivity contribution in [2.75, 3.05) is 6.61 Å². The number of hydrogen-bond acceptors (Lipinski definition) is 13. The summed E-state index contributed by atoms with van der Waals surface area (Å²) < 4.78 is 58.9. The zero-order chi connectivity index (χ0) is 25.5. The number of rotatable bonds is 9. The minimum atomic E-state index is -4.89. The summed E-state index contributed by atoms with van der Waals surface area (Å²) in [6, 6.07) is -1.44. The third-order valence-corrected chi connectivity index (χ3v) is 5.16. The third-order valence-electron chi connectivity index (χ3n) is 4.19. The molecule has 6 atom stereocenters. The third kappa shape index (κ3) is 10.7. The van der Waals surface area contributed by atoms with Crippen molar-refractivity contribution in [3.05, 3.63) is 0 Å². The zero-order valence-corrected chi connectivity index (χ0v) is 22.4. The van der Waals surface area contributed by atoms with Crippen LogP contribution >= 0.6 is 0 Å². The monoisotopic (exact) mass is 519 g/mol. The molecule has 1 aliphatic rings. The quantitative estimate of drug-likeness (QED) is 0.0762. The van der Waals surface area contributed by atoms with Gasteiger partial charge in [-0.25, -0.2) is 0 Å². The largest absolute Gasteiger partial charge is 1.00 e. The van der Waals surface area contributed by atoms with Gasteiger partial charge in [0.05, 0.1) is 0 Å². The van der Waals surface area contributed by atoms with E-state index in [2.05, 4.69) is 4.99 Å². The van der Waals surface area contributed by atoms with Crippen LogP contribution in [0.15, 0.2) is 4.99 Å². The molecule has 0 unspecified atom stereocenters. The summed E-state index contributed by atoms with van der Waals surface area (Å²) in [6.07, 6.45) is -6.94. The van der Waals surface area contributed by atoms with Crippen LogP contribution in [0.3, 0.4) is 0 Å². The Kier molecular flexibility index (Phi) is 13.2. The summed E-state index contributed by atoms with van der Waals surface area (Å²) in [5.74, 6) is -4.25. The van der Waals surface area contributed by atoms with Gasteiger partial charge in [-0.1, -0.05) is 0 Å². The molecule has 1 saturated heterocycles. The van der Waals surface area contributed by atoms with Gasteiger partial charge in [-0.2, -0.15) is 8.42 Å². The normalized spacial score (nSPS) is 24.6. The van der Waals surface area contributed by atoms with E-state index in [0.717, 1.165) is 34.6 Å². The van der Waals surface area contributed by atoms with Crippen molar-refractivity contribution in [2.24, 2.45) is 4.99 Å². The smallest absolute Gasteiger partial charge is 0.862 e. The average molecular weight is 519 g/mol. The van der Waals surface area contributed by atoms with Crippen molar-refractivity contribution in [3.63, 3.8) is 0 Å². The second kappa shape index (κ2) is 13.9. The van der Waals surface area contributed by atoms with Crippen LogP contribution in [0.2, 0.25) is 0 Å². The Morgan fingerprint density at radius 3 is 2.00 bits per heavy atom. The minimum absolute atomic E-state index is 0. The fourth-order valence-corrected chi connectivity index (χ4v) is 3.87. The van der Waals surface area contributed by atoms with Crippen molar-refractivity contribution >= 4 is 39.9 Å². The Bertz CT molecular complexity index is 886. The number of carbonyl (C=O) groups excluding carboxylic acids is 4. The van der Waals surface area contributed by atoms with E-state index < -0.39 is 88.8 Å². The Balaban J connectivity index is 0.0000109. The number of esters is 4. The predicted molar refractivity (Wildman–Crippen MR) is 105 cm³/mol. The molecule has 0 saturated carbocycles. The van der Waals surface area contributed by atoms with Crippen molar-refractivity contribution in [3.8, 4) is 0 Å². The fourth-order valence-electron chi connectivity index (χ4n) is 3.17. The molecule has 0 bridgehead atoms. The SMILES string of the molecule is CC(=O)OC[C@@H](OC(C)=O)[C@H](OC(C)=O)[C@@H]1O[C@@H](S(=O)(=O)O)C[C@H](OC(C)=O)[C@H]1N=C(C)[O-].[Na+]. The number of aliphatic imine (C=N–C) groups is 1. The van der Waals surface area contributed by atoms with E-state index in [1.807, 2.05) is 0 Å². The van der Waals surface area contributed by atoms with Gasteiger partial charge < -0.3 is 28.8 Å². The van der Waals surface area contributed by atoms with Crippen LogP contribution in [-0.4, -0.2) is 85.2 Å². The van der Waals surface area contributed by atoms with Crippen LogP contribution in [0.1, 0.15) is 41.0 Å². The molecule has 34 heavy (non-hydrogen) atoms. The van der Waals surface area contributed by atoms with Crippen LogP contribution < -0.4 is 34.7 Å². The zero-order valence-electron chi connectivity index (χ0n) is 19.6. The van der Waals surface area contributed by atoms with E-state index in [-0.39, 0.29) is 29.6 Å². The number of ether oxygens (including phenoxy) is 5. The van der Waals surface area contributed by atoms with Crippen LogP contribution in [0.5, 0.6) is 0 Å². The second-order valence-corrected chi connectivity index (χ2v) is 8.65. The molecule has 1 N–H and O–H groups in total. The maximum absolute atomic E-state index is 11.8. The maximum Gasteiger partial charge on any atom is 1.00 e. The van der Waals surface area contributed by atoms with Crippen molar-refractivity contribution < 1.29 is 90.5 Å². The summed E-state index contributed by atoms with van der Waals surface area (Å²) in [5, 5.41) is 11.8. The van der Waals surface area contributed by atoms with Crippen LogP contribution in [0, 0.1) is 0 Å². The van der Waals surface area contributed by atoms with Crippen LogP contribution in [0.25, 0.3) is 0 Å². The molecule has 0 spiro atoms. The van der Waals surface area contributed by atoms with Crippen LogP contribution in [0.4, 0.5) is 0 Å². The van der Waals surface area contributed by atoms with Gasteiger partial charge in [0.25, 0.3) is 10.1 Å². The molecule has 0 amide bonds. The maximum atomic E-state index is 11.8. The Hall–Kier alpha value is -1.78. The van der Waals surface area contributed by atoms with E-state index in [4.69, 9.17) is 23.7 Å². The van der Waals surface area contributed by atoms with Crippen molar-refractivity contribution in [2.45, 2.75) is 76.9 Å². The van der Waals surface area contributed by atoms with Gasteiger partial charge in [0.1, 0.15) is 24.9 Å². The predicted octanol–water partition coefficient (Wildman–Crippen LogP) is -4.50. The van der Waals surface area contributed by atoms with Gasteiger partial charge in [0.15, 0.2) is 17.6 Å². The Labute approximate surface area is 218 Å². The molecule has 188 valence electrons. The van der Waals surface area contributed by atoms with Gasteiger partial charge in [0, 0.05) is 34.1 Å². The topological polar surface area (TPSA) is 204 Å². The molecule has 0 radical (unpaired) electrons. The average Bonchev–Trinajstić information content (AvgIpc) is 2.62. The molecule has 14 nitrogen and oxygen atoms in total. The summed E-state index contributed by atoms with van der Waals surface area (Å²) in [4.78, 5) is 50.1. The molecule has 1 heterocycles. The summed E-state index contributed by atoms with van der Waals surface area (Å²) in [6.45, 7) is 4.47. The standard InChI is InChI=1S/C18H27NO13S.Na/c1-8(20)19-16-13(29-10(3)22)6-15(33(25,26)27)32-18(16)17(31-12(5)24)14(30-11(4)23)7-28-9(2)21;/h13-18H,6-7H2,1-5H3,(H,19,20)(H,25,26,27);/q;+1/p-1/t13-,14+,15-,16+,17-,18+;/m0./s1. The molecule has 1 fully saturated rings. The molecular weight excluding hydrogens is 493 g/mol. The van der Waals surface area contributed by atoms with E-state index in [1.165, 1.54) is 0 Å². The number of carbonyl (C=O) groups is 4. The van der Waals surface area contributed by atoms with Crippen molar-refractivity contribution in [1.82, 2.24) is 0 Å². The second-order valence-electron chi connectivity index (χ2n) is 7.09. The first-order valence-corrected chi connectivity index (χ1v) is 11.1. The first-order chi connectivity index (χ1) is 15.1. The van der Waals surface area contributed by atoms with Gasteiger partial charge in [-0.3, -0.25) is 28.7 Å². The Morgan fingerprint density at radius 1 is 1.03 bits per heavy atom. The van der Waals surface area contributed by atoms with Crippen LogP contribution in [-0.2, 0) is 53.0 Å². The molecule has 0 aromatic heterocycles. The minimum Gasteiger partial charge on any atom is -0.862 e. The van der Waals surface area contributed by atoms with Gasteiger partial charge in [-0.15, -0.1) is 0 Å². The first-order valence-electron chi connectivity index (χ1n) is 9.60. The van der Waals surface area contributed by atoms with E-state index in [9.17, 15) is 37.3 Å². The van der Waals surface area contributed by atoms with Gasteiger partial charge >= 0.3 is 53.4 Å². The summed E-state index contributed by atoms with van der Waals surface area (Å²) >= 11 is 0. The Morgan fingerprint density at radius 2 is 1.59 bits per heavy atom. The molecule has 0 aliphatic carbocycles. The molecule has 0 aromatic rings. The first kappa shape index (κ1) is 32.2. The van der Waals surface area contributed by atoms with E-state index in [0.29, 0.717) is 0 Å². The van der Waals surface area contributed by atoms with Gasteiger partial charge in [-0.05, 0) is 12.8 Å². The fraction of sp³-hybridized carbons (Fsp3) is 0.722. The summed E-state index contributed by atoms with van der Waals surface area (Å²) in [7, 11) is -4.89. The van der Waals surface area contributed by atoms with E-state index >= 15 is 0 Å². The van der Waals surface area contributed by atoms with Crippen molar-refractivity contribution in [1.29, 1.82) is 0 Å². The molecule has 16 heteroatoms. The molecule has 0 aromatic carbocycles. The summed E-state index contributed by atoms with van der Waals surface area (Å²) in [5.41, 5.74) is -1.98.